The van der Waals surface area contributed by atoms with Gasteiger partial charge in [0.15, 0.2) is 16.3 Å². The van der Waals surface area contributed by atoms with Gasteiger partial charge < -0.3 is 14.8 Å². The molecule has 1 atom stereocenters. The highest BCUT2D eigenvalue weighted by atomic mass is 32.1. The maximum absolute atomic E-state index is 14.1. The average Bonchev–Trinajstić information content (AvgIpc) is 3.28. The van der Waals surface area contributed by atoms with Gasteiger partial charge in [0.1, 0.15) is 0 Å². The number of benzene rings is 3. The molecule has 0 radical (unpaired) electrons. The highest BCUT2D eigenvalue weighted by Gasteiger charge is 2.32. The quantitative estimate of drug-likeness (QED) is 0.271. The van der Waals surface area contributed by atoms with Crippen LogP contribution in [0, 0.1) is 0 Å². The predicted octanol–water partition coefficient (Wildman–Crippen LogP) is 5.79. The molecule has 2 heterocycles. The van der Waals surface area contributed by atoms with E-state index in [0.29, 0.717) is 56.9 Å². The van der Waals surface area contributed by atoms with Crippen LogP contribution >= 0.6 is 11.3 Å². The van der Waals surface area contributed by atoms with Crippen LogP contribution in [-0.2, 0) is 4.79 Å². The Hall–Kier alpha value is -4.43. The molecule has 0 bridgehead atoms. The highest BCUT2D eigenvalue weighted by molar-refractivity contribution is 7.07. The van der Waals surface area contributed by atoms with Crippen LogP contribution in [0.5, 0.6) is 11.5 Å². The number of hydrogen-bond acceptors (Lipinski definition) is 6. The van der Waals surface area contributed by atoms with Gasteiger partial charge in [0, 0.05) is 5.69 Å². The molecule has 1 aliphatic heterocycles. The summed E-state index contributed by atoms with van der Waals surface area (Å²) in [7, 11) is 0. The van der Waals surface area contributed by atoms with Crippen LogP contribution in [-0.4, -0.2) is 23.7 Å². The first-order valence-corrected chi connectivity index (χ1v) is 15.0. The fraction of sp³-hybridized carbons (Fsp3) is 0.265. The number of aromatic nitrogens is 1. The van der Waals surface area contributed by atoms with Gasteiger partial charge in [-0.1, -0.05) is 73.7 Å². The summed E-state index contributed by atoms with van der Waals surface area (Å²) in [5.74, 6) is 1.35. The van der Waals surface area contributed by atoms with Crippen molar-refractivity contribution in [2.75, 3.05) is 18.5 Å². The topological polar surface area (TPSA) is 81.9 Å². The molecule has 42 heavy (non-hydrogen) atoms. The minimum absolute atomic E-state index is 0.207. The summed E-state index contributed by atoms with van der Waals surface area (Å²) in [6.07, 6.45) is 1.84. The maximum atomic E-state index is 14.1. The van der Waals surface area contributed by atoms with Crippen molar-refractivity contribution in [2.45, 2.75) is 46.6 Å². The molecule has 1 amide bonds. The molecule has 0 saturated carbocycles. The standard InChI is InChI=1S/C34H35N3O4S/c1-6-40-27-18-13-23(19-28(27)41-7-2)20-29-33(39)37-31(25-16-14-24(15-17-25)21(3)4)30(22(5)35-34(37)42-29)32(38)36-26-11-9-8-10-12-26/h8-21,31H,6-7H2,1-5H3,(H,36,38)/b29-20-/t31-/m0/s1. The molecule has 1 aromatic heterocycles. The molecule has 216 valence electrons. The number of anilines is 1. The number of nitrogens with zero attached hydrogens (tertiary/aromatic N) is 2. The Balaban J connectivity index is 1.64. The SMILES string of the molecule is CCOc1ccc(/C=c2\sc3n(c2=O)[C@@H](c2ccc(C(C)C)cc2)C(C(=O)Nc2ccccc2)=C(C)N=3)cc1OCC. The van der Waals surface area contributed by atoms with Crippen molar-refractivity contribution in [3.05, 3.63) is 120 Å². The Morgan fingerprint density at radius 1 is 1.00 bits per heavy atom. The first kappa shape index (κ1) is 29.1. The van der Waals surface area contributed by atoms with E-state index in [0.717, 1.165) is 11.1 Å². The van der Waals surface area contributed by atoms with Crippen molar-refractivity contribution >= 4 is 29.0 Å². The number of ether oxygens (including phenoxy) is 2. The number of nitrogens with one attached hydrogen (secondary N) is 1. The van der Waals surface area contributed by atoms with Crippen LogP contribution in [0.1, 0.15) is 63.3 Å². The van der Waals surface area contributed by atoms with Crippen LogP contribution in [0.2, 0.25) is 0 Å². The Morgan fingerprint density at radius 2 is 1.69 bits per heavy atom. The molecule has 3 aromatic carbocycles. The van der Waals surface area contributed by atoms with Gasteiger partial charge in [0.05, 0.1) is 35.1 Å². The zero-order valence-corrected chi connectivity index (χ0v) is 25.3. The molecule has 4 aromatic rings. The van der Waals surface area contributed by atoms with Crippen molar-refractivity contribution in [2.24, 2.45) is 4.99 Å². The second kappa shape index (κ2) is 12.6. The summed E-state index contributed by atoms with van der Waals surface area (Å²) in [4.78, 5) is 33.1. The van der Waals surface area contributed by atoms with Crippen molar-refractivity contribution in [1.29, 1.82) is 0 Å². The smallest absolute Gasteiger partial charge is 0.271 e. The Labute approximate surface area is 249 Å². The molecule has 5 rings (SSSR count). The normalized spacial score (nSPS) is 14.9. The van der Waals surface area contributed by atoms with Gasteiger partial charge in [-0.25, -0.2) is 4.99 Å². The maximum Gasteiger partial charge on any atom is 0.271 e. The number of rotatable bonds is 9. The van der Waals surface area contributed by atoms with Crippen LogP contribution in [0.25, 0.3) is 6.08 Å². The number of carbonyl (C=O) groups excluding carboxylic acids is 1. The molecular weight excluding hydrogens is 546 g/mol. The lowest BCUT2D eigenvalue weighted by molar-refractivity contribution is -0.113. The molecule has 1 aliphatic rings. The molecule has 0 saturated heterocycles. The molecule has 7 nitrogen and oxygen atoms in total. The van der Waals surface area contributed by atoms with E-state index in [9.17, 15) is 9.59 Å². The van der Waals surface area contributed by atoms with Crippen LogP contribution in [0.15, 0.2) is 93.9 Å². The van der Waals surface area contributed by atoms with E-state index in [1.165, 1.54) is 16.9 Å². The fourth-order valence-electron chi connectivity index (χ4n) is 5.02. The van der Waals surface area contributed by atoms with Gasteiger partial charge in [-0.15, -0.1) is 0 Å². The minimum atomic E-state index is -0.632. The van der Waals surface area contributed by atoms with Crippen molar-refractivity contribution in [3.8, 4) is 11.5 Å². The molecule has 8 heteroatoms. The second-order valence-electron chi connectivity index (χ2n) is 10.3. The molecule has 0 aliphatic carbocycles. The van der Waals surface area contributed by atoms with Crippen molar-refractivity contribution in [1.82, 2.24) is 4.57 Å². The molecule has 1 N–H and O–H groups in total. The third-order valence-corrected chi connectivity index (χ3v) is 8.06. The minimum Gasteiger partial charge on any atom is -0.490 e. The van der Waals surface area contributed by atoms with Crippen LogP contribution in [0.4, 0.5) is 5.69 Å². The second-order valence-corrected chi connectivity index (χ2v) is 11.3. The number of hydrogen-bond donors (Lipinski definition) is 1. The Morgan fingerprint density at radius 3 is 2.36 bits per heavy atom. The van der Waals surface area contributed by atoms with Gasteiger partial charge >= 0.3 is 0 Å². The molecule has 0 spiro atoms. The van der Waals surface area contributed by atoms with Gasteiger partial charge in [0.25, 0.3) is 11.5 Å². The van der Waals surface area contributed by atoms with E-state index in [1.54, 1.807) is 4.57 Å². The lowest BCUT2D eigenvalue weighted by Gasteiger charge is -2.25. The highest BCUT2D eigenvalue weighted by Crippen LogP contribution is 2.32. The van der Waals surface area contributed by atoms with Crippen LogP contribution < -0.4 is 29.7 Å². The van der Waals surface area contributed by atoms with E-state index in [-0.39, 0.29) is 11.5 Å². The lowest BCUT2D eigenvalue weighted by atomic mass is 9.93. The summed E-state index contributed by atoms with van der Waals surface area (Å²) in [5.41, 5.74) is 4.32. The third-order valence-electron chi connectivity index (χ3n) is 7.08. The summed E-state index contributed by atoms with van der Waals surface area (Å²) >= 11 is 1.31. The number of carbonyl (C=O) groups is 1. The van der Waals surface area contributed by atoms with E-state index in [1.807, 2.05) is 87.5 Å². The molecule has 0 fully saturated rings. The Bertz CT molecular complexity index is 1800. The van der Waals surface area contributed by atoms with Gasteiger partial charge in [-0.05, 0) is 73.7 Å². The van der Waals surface area contributed by atoms with E-state index in [2.05, 4.69) is 31.3 Å². The first-order chi connectivity index (χ1) is 20.3. The predicted molar refractivity (Wildman–Crippen MR) is 168 cm³/mol. The zero-order valence-electron chi connectivity index (χ0n) is 24.5. The number of amides is 1. The number of fused-ring (bicyclic) bond motifs is 1. The zero-order chi connectivity index (χ0) is 29.8. The Kier molecular flexibility index (Phi) is 8.73. The third kappa shape index (κ3) is 5.94. The molecule has 0 unspecified atom stereocenters. The number of thiazole rings is 1. The lowest BCUT2D eigenvalue weighted by Crippen LogP contribution is -2.40. The van der Waals surface area contributed by atoms with Gasteiger partial charge in [0.2, 0.25) is 0 Å². The first-order valence-electron chi connectivity index (χ1n) is 14.2. The van der Waals surface area contributed by atoms with Crippen LogP contribution in [0.3, 0.4) is 0 Å². The van der Waals surface area contributed by atoms with E-state index in [4.69, 9.17) is 14.5 Å². The van der Waals surface area contributed by atoms with Gasteiger partial charge in [-0.3, -0.25) is 14.2 Å². The summed E-state index contributed by atoms with van der Waals surface area (Å²) in [5, 5.41) is 3.00. The number of para-hydroxylation sites is 1. The number of allylic oxidation sites excluding steroid dienone is 1. The van der Waals surface area contributed by atoms with Gasteiger partial charge in [-0.2, -0.15) is 0 Å². The van der Waals surface area contributed by atoms with Crippen molar-refractivity contribution < 1.29 is 14.3 Å². The molecular formula is C34H35N3O4S. The average molecular weight is 582 g/mol. The van der Waals surface area contributed by atoms with Crippen molar-refractivity contribution in [3.63, 3.8) is 0 Å². The fourth-order valence-corrected chi connectivity index (χ4v) is 6.07. The summed E-state index contributed by atoms with van der Waals surface area (Å²) in [6.45, 7) is 11.0. The monoisotopic (exact) mass is 581 g/mol. The van der Waals surface area contributed by atoms with E-state index < -0.39 is 6.04 Å². The largest absolute Gasteiger partial charge is 0.490 e. The summed E-state index contributed by atoms with van der Waals surface area (Å²) in [6, 6.07) is 22.4. The van der Waals surface area contributed by atoms with E-state index >= 15 is 0 Å². The summed E-state index contributed by atoms with van der Waals surface area (Å²) < 4.78 is 13.6.